The van der Waals surface area contributed by atoms with Gasteiger partial charge in [-0.25, -0.2) is 0 Å². The summed E-state index contributed by atoms with van der Waals surface area (Å²) in [6.45, 7) is 9.56. The van der Waals surface area contributed by atoms with Crippen LogP contribution in [0, 0.1) is 5.92 Å². The minimum absolute atomic E-state index is 0.492. The first-order valence-electron chi connectivity index (χ1n) is 8.11. The monoisotopic (exact) mass is 297 g/mol. The molecule has 0 aliphatic carbocycles. The third-order valence-electron chi connectivity index (χ3n) is 3.78. The molecule has 1 atom stereocenters. The van der Waals surface area contributed by atoms with Crippen molar-refractivity contribution in [3.05, 3.63) is 66.2 Å². The molecular formula is C20H27NO. The summed E-state index contributed by atoms with van der Waals surface area (Å²) in [7, 11) is 0. The molecule has 2 rings (SSSR count). The van der Waals surface area contributed by atoms with Gasteiger partial charge in [-0.1, -0.05) is 55.5 Å². The van der Waals surface area contributed by atoms with Gasteiger partial charge in [0.1, 0.15) is 5.75 Å². The summed E-state index contributed by atoms with van der Waals surface area (Å²) in [6.07, 6.45) is 0. The van der Waals surface area contributed by atoms with Gasteiger partial charge in [-0.15, -0.1) is 0 Å². The van der Waals surface area contributed by atoms with Crippen molar-refractivity contribution in [3.63, 3.8) is 0 Å². The van der Waals surface area contributed by atoms with Gasteiger partial charge in [-0.2, -0.15) is 0 Å². The van der Waals surface area contributed by atoms with Crippen LogP contribution in [0.25, 0.3) is 0 Å². The normalized spacial score (nSPS) is 12.6. The van der Waals surface area contributed by atoms with Crippen LogP contribution in [-0.4, -0.2) is 24.1 Å². The molecule has 0 saturated heterocycles. The van der Waals surface area contributed by atoms with E-state index in [-0.39, 0.29) is 0 Å². The largest absolute Gasteiger partial charge is 0.493 e. The lowest BCUT2D eigenvalue weighted by Crippen LogP contribution is -2.35. The Bertz CT molecular complexity index is 524. The predicted octanol–water partition coefficient (Wildman–Crippen LogP) is 4.61. The molecule has 0 fully saturated rings. The van der Waals surface area contributed by atoms with Crippen LogP contribution in [0.5, 0.6) is 5.75 Å². The van der Waals surface area contributed by atoms with Crippen molar-refractivity contribution in [1.82, 2.24) is 4.90 Å². The van der Waals surface area contributed by atoms with Crippen molar-refractivity contribution in [2.24, 2.45) is 5.92 Å². The Balaban J connectivity index is 1.85. The summed E-state index contributed by atoms with van der Waals surface area (Å²) in [4.78, 5) is 2.51. The molecule has 0 aromatic heterocycles. The van der Waals surface area contributed by atoms with Crippen molar-refractivity contribution in [2.45, 2.75) is 33.4 Å². The van der Waals surface area contributed by atoms with E-state index < -0.39 is 0 Å². The molecule has 0 aliphatic heterocycles. The maximum absolute atomic E-state index is 5.87. The van der Waals surface area contributed by atoms with Crippen LogP contribution < -0.4 is 4.74 Å². The highest BCUT2D eigenvalue weighted by Gasteiger charge is 2.14. The molecule has 0 spiro atoms. The second-order valence-corrected chi connectivity index (χ2v) is 6.24. The average molecular weight is 297 g/mol. The van der Waals surface area contributed by atoms with Gasteiger partial charge in [0.2, 0.25) is 0 Å². The van der Waals surface area contributed by atoms with Gasteiger partial charge < -0.3 is 4.74 Å². The Morgan fingerprint density at radius 2 is 1.45 bits per heavy atom. The lowest BCUT2D eigenvalue weighted by molar-refractivity contribution is 0.151. The highest BCUT2D eigenvalue weighted by Crippen LogP contribution is 2.14. The minimum atomic E-state index is 0.492. The van der Waals surface area contributed by atoms with Crippen molar-refractivity contribution < 1.29 is 4.74 Å². The first kappa shape index (κ1) is 16.6. The number of benzene rings is 2. The molecule has 0 radical (unpaired) electrons. The molecular weight excluding hydrogens is 270 g/mol. The highest BCUT2D eigenvalue weighted by atomic mass is 16.5. The molecule has 0 N–H and O–H groups in total. The van der Waals surface area contributed by atoms with E-state index in [9.17, 15) is 0 Å². The number of ether oxygens (including phenoxy) is 1. The first-order chi connectivity index (χ1) is 10.6. The molecule has 0 amide bonds. The highest BCUT2D eigenvalue weighted by molar-refractivity contribution is 5.20. The van der Waals surface area contributed by atoms with Crippen LogP contribution in [0.4, 0.5) is 0 Å². The summed E-state index contributed by atoms with van der Waals surface area (Å²) < 4.78 is 5.87. The fourth-order valence-corrected chi connectivity index (χ4v) is 2.48. The zero-order chi connectivity index (χ0) is 15.8. The molecule has 2 heteroatoms. The summed E-state index contributed by atoms with van der Waals surface area (Å²) in [5, 5.41) is 0. The standard InChI is InChI=1S/C20H27NO/c1-17(2)21(15-19-10-6-4-7-11-19)14-18(3)16-22-20-12-8-5-9-13-20/h4-13,17-18H,14-16H2,1-3H3. The van der Waals surface area contributed by atoms with E-state index in [1.807, 2.05) is 30.3 Å². The van der Waals surface area contributed by atoms with E-state index in [0.29, 0.717) is 12.0 Å². The van der Waals surface area contributed by atoms with E-state index in [2.05, 4.69) is 56.0 Å². The average Bonchev–Trinajstić information content (AvgIpc) is 2.54. The van der Waals surface area contributed by atoms with Crippen LogP contribution in [0.1, 0.15) is 26.3 Å². The first-order valence-corrected chi connectivity index (χ1v) is 8.11. The van der Waals surface area contributed by atoms with Crippen LogP contribution in [0.15, 0.2) is 60.7 Å². The van der Waals surface area contributed by atoms with Crippen LogP contribution in [0.2, 0.25) is 0 Å². The summed E-state index contributed by atoms with van der Waals surface area (Å²) >= 11 is 0. The van der Waals surface area contributed by atoms with E-state index in [4.69, 9.17) is 4.74 Å². The van der Waals surface area contributed by atoms with E-state index in [1.54, 1.807) is 0 Å². The molecule has 0 saturated carbocycles. The van der Waals surface area contributed by atoms with Crippen molar-refractivity contribution in [2.75, 3.05) is 13.2 Å². The Morgan fingerprint density at radius 3 is 2.05 bits per heavy atom. The molecule has 0 aliphatic rings. The third-order valence-corrected chi connectivity index (χ3v) is 3.78. The van der Waals surface area contributed by atoms with Gasteiger partial charge in [0.15, 0.2) is 0 Å². The Hall–Kier alpha value is -1.80. The third kappa shape index (κ3) is 5.53. The smallest absolute Gasteiger partial charge is 0.119 e. The lowest BCUT2D eigenvalue weighted by Gasteiger charge is -2.29. The number of rotatable bonds is 8. The van der Waals surface area contributed by atoms with Crippen molar-refractivity contribution >= 4 is 0 Å². The molecule has 22 heavy (non-hydrogen) atoms. The van der Waals surface area contributed by atoms with Gasteiger partial charge in [0.25, 0.3) is 0 Å². The van der Waals surface area contributed by atoms with Crippen LogP contribution in [0.3, 0.4) is 0 Å². The molecule has 118 valence electrons. The van der Waals surface area contributed by atoms with Crippen molar-refractivity contribution in [1.29, 1.82) is 0 Å². The maximum Gasteiger partial charge on any atom is 0.119 e. The molecule has 0 bridgehead atoms. The molecule has 2 aromatic carbocycles. The van der Waals surface area contributed by atoms with Gasteiger partial charge in [-0.3, -0.25) is 4.90 Å². The maximum atomic E-state index is 5.87. The van der Waals surface area contributed by atoms with Crippen LogP contribution in [-0.2, 0) is 6.54 Å². The second-order valence-electron chi connectivity index (χ2n) is 6.24. The molecule has 2 nitrogen and oxygen atoms in total. The second kappa shape index (κ2) is 8.60. The summed E-state index contributed by atoms with van der Waals surface area (Å²) in [5.74, 6) is 1.44. The van der Waals surface area contributed by atoms with Gasteiger partial charge in [-0.05, 0) is 31.5 Å². The zero-order valence-electron chi connectivity index (χ0n) is 13.9. The molecule has 2 aromatic rings. The number of nitrogens with zero attached hydrogens (tertiary/aromatic N) is 1. The topological polar surface area (TPSA) is 12.5 Å². The quantitative estimate of drug-likeness (QED) is 0.705. The molecule has 1 unspecified atom stereocenters. The lowest BCUT2D eigenvalue weighted by atomic mass is 10.1. The fourth-order valence-electron chi connectivity index (χ4n) is 2.48. The minimum Gasteiger partial charge on any atom is -0.493 e. The Kier molecular flexibility index (Phi) is 6.47. The van der Waals surface area contributed by atoms with E-state index in [1.165, 1.54) is 5.56 Å². The SMILES string of the molecule is CC(COc1ccccc1)CN(Cc1ccccc1)C(C)C. The van der Waals surface area contributed by atoms with Gasteiger partial charge >= 0.3 is 0 Å². The van der Waals surface area contributed by atoms with Crippen LogP contribution >= 0.6 is 0 Å². The predicted molar refractivity (Wildman–Crippen MR) is 93.1 cm³/mol. The zero-order valence-corrected chi connectivity index (χ0v) is 13.9. The molecule has 0 heterocycles. The summed E-state index contributed by atoms with van der Waals surface area (Å²) in [5.41, 5.74) is 1.37. The Labute approximate surface area is 134 Å². The van der Waals surface area contributed by atoms with E-state index >= 15 is 0 Å². The fraction of sp³-hybridized carbons (Fsp3) is 0.400. The van der Waals surface area contributed by atoms with Gasteiger partial charge in [0, 0.05) is 25.0 Å². The number of hydrogen-bond acceptors (Lipinski definition) is 2. The summed E-state index contributed by atoms with van der Waals surface area (Å²) in [6, 6.07) is 21.3. The number of para-hydroxylation sites is 1. The number of hydrogen-bond donors (Lipinski definition) is 0. The van der Waals surface area contributed by atoms with Crippen molar-refractivity contribution in [3.8, 4) is 5.75 Å². The van der Waals surface area contributed by atoms with Gasteiger partial charge in [0.05, 0.1) is 6.61 Å². The van der Waals surface area contributed by atoms with E-state index in [0.717, 1.165) is 25.4 Å². The Morgan fingerprint density at radius 1 is 0.864 bits per heavy atom.